The molecule has 2 aliphatic heterocycles. The number of carbonyl (C=O) groups excluding carboxylic acids is 1. The fraction of sp³-hybridized carbons (Fsp3) is 0.929. The fourth-order valence-electron chi connectivity index (χ4n) is 2.85. The molecule has 0 unspecified atom stereocenters. The van der Waals surface area contributed by atoms with Gasteiger partial charge in [-0.2, -0.15) is 0 Å². The zero-order valence-electron chi connectivity index (χ0n) is 11.7. The van der Waals surface area contributed by atoms with Crippen LogP contribution in [-0.2, 0) is 14.3 Å². The highest BCUT2D eigenvalue weighted by Crippen LogP contribution is 2.24. The summed E-state index contributed by atoms with van der Waals surface area (Å²) in [4.78, 5) is 12.2. The third-order valence-corrected chi connectivity index (χ3v) is 4.19. The predicted molar refractivity (Wildman–Crippen MR) is 70.8 cm³/mol. The van der Waals surface area contributed by atoms with Crippen molar-refractivity contribution in [3.05, 3.63) is 0 Å². The number of hydrogen-bond acceptors (Lipinski definition) is 4. The zero-order valence-corrected chi connectivity index (χ0v) is 11.7. The molecular weight excluding hydrogens is 246 g/mol. The van der Waals surface area contributed by atoms with Gasteiger partial charge in [0.15, 0.2) is 0 Å². The number of carbonyl (C=O) groups is 1. The molecule has 5 heteroatoms. The molecule has 0 bridgehead atoms. The van der Waals surface area contributed by atoms with E-state index in [2.05, 4.69) is 5.32 Å². The summed E-state index contributed by atoms with van der Waals surface area (Å²) in [5.41, 5.74) is -0.800. The molecule has 0 radical (unpaired) electrons. The molecular formula is C14H25NO4. The standard InChI is InChI=1S/C14H25NO4/c1-2-12-11(4-3-7-19-12)13(16)15-10-14(17)5-8-18-9-6-14/h11-12,17H,2-10H2,1H3,(H,15,16)/t11-,12+/m0/s1. The van der Waals surface area contributed by atoms with Gasteiger partial charge in [-0.05, 0) is 19.3 Å². The monoisotopic (exact) mass is 271 g/mol. The van der Waals surface area contributed by atoms with Crippen LogP contribution in [0.15, 0.2) is 0 Å². The minimum atomic E-state index is -0.800. The van der Waals surface area contributed by atoms with Gasteiger partial charge >= 0.3 is 0 Å². The van der Waals surface area contributed by atoms with Gasteiger partial charge in [0, 0.05) is 39.2 Å². The smallest absolute Gasteiger partial charge is 0.225 e. The van der Waals surface area contributed by atoms with E-state index in [-0.39, 0.29) is 17.9 Å². The van der Waals surface area contributed by atoms with Crippen LogP contribution in [0.4, 0.5) is 0 Å². The quantitative estimate of drug-likeness (QED) is 0.795. The van der Waals surface area contributed by atoms with E-state index >= 15 is 0 Å². The molecule has 5 nitrogen and oxygen atoms in total. The molecule has 110 valence electrons. The van der Waals surface area contributed by atoms with Gasteiger partial charge in [0.1, 0.15) is 0 Å². The molecule has 2 fully saturated rings. The minimum absolute atomic E-state index is 0.0199. The van der Waals surface area contributed by atoms with Crippen LogP contribution in [0.3, 0.4) is 0 Å². The molecule has 2 aliphatic rings. The first-order valence-corrected chi connectivity index (χ1v) is 7.34. The van der Waals surface area contributed by atoms with Crippen molar-refractivity contribution >= 4 is 5.91 Å². The Morgan fingerprint density at radius 3 is 2.79 bits per heavy atom. The SMILES string of the molecule is CC[C@H]1OCCC[C@@H]1C(=O)NCC1(O)CCOCC1. The molecule has 0 spiro atoms. The lowest BCUT2D eigenvalue weighted by atomic mass is 9.90. The highest BCUT2D eigenvalue weighted by molar-refractivity contribution is 5.79. The second kappa shape index (κ2) is 6.68. The first-order chi connectivity index (χ1) is 9.14. The molecule has 0 aromatic carbocycles. The number of hydrogen-bond donors (Lipinski definition) is 2. The predicted octanol–water partition coefficient (Wildman–Crippen LogP) is 0.849. The van der Waals surface area contributed by atoms with Crippen LogP contribution in [0.2, 0.25) is 0 Å². The molecule has 19 heavy (non-hydrogen) atoms. The first kappa shape index (κ1) is 14.8. The lowest BCUT2D eigenvalue weighted by Gasteiger charge is -2.34. The molecule has 0 aliphatic carbocycles. The lowest BCUT2D eigenvalue weighted by Crippen LogP contribution is -2.50. The van der Waals surface area contributed by atoms with Crippen LogP contribution < -0.4 is 5.32 Å². The van der Waals surface area contributed by atoms with E-state index in [1.165, 1.54) is 0 Å². The Labute approximate surface area is 114 Å². The Morgan fingerprint density at radius 1 is 1.37 bits per heavy atom. The van der Waals surface area contributed by atoms with Crippen molar-refractivity contribution in [1.29, 1.82) is 0 Å². The van der Waals surface area contributed by atoms with E-state index in [1.54, 1.807) is 0 Å². The van der Waals surface area contributed by atoms with Gasteiger partial charge in [-0.3, -0.25) is 4.79 Å². The summed E-state index contributed by atoms with van der Waals surface area (Å²) in [6.07, 6.45) is 3.88. The highest BCUT2D eigenvalue weighted by Gasteiger charge is 2.34. The maximum Gasteiger partial charge on any atom is 0.225 e. The average molecular weight is 271 g/mol. The average Bonchev–Trinajstić information content (AvgIpc) is 2.45. The maximum atomic E-state index is 12.2. The molecule has 2 N–H and O–H groups in total. The van der Waals surface area contributed by atoms with Crippen LogP contribution in [-0.4, -0.2) is 49.1 Å². The Kier molecular flexibility index (Phi) is 5.19. The second-order valence-corrected chi connectivity index (χ2v) is 5.62. The number of aliphatic hydroxyl groups is 1. The van der Waals surface area contributed by atoms with E-state index in [9.17, 15) is 9.90 Å². The first-order valence-electron chi connectivity index (χ1n) is 7.34. The van der Waals surface area contributed by atoms with E-state index in [1.807, 2.05) is 6.92 Å². The van der Waals surface area contributed by atoms with Crippen molar-refractivity contribution in [3.63, 3.8) is 0 Å². The van der Waals surface area contributed by atoms with Gasteiger partial charge in [0.25, 0.3) is 0 Å². The number of amides is 1. The van der Waals surface area contributed by atoms with Gasteiger partial charge in [0.05, 0.1) is 17.6 Å². The summed E-state index contributed by atoms with van der Waals surface area (Å²) >= 11 is 0. The second-order valence-electron chi connectivity index (χ2n) is 5.62. The summed E-state index contributed by atoms with van der Waals surface area (Å²) in [5.74, 6) is -0.0475. The van der Waals surface area contributed by atoms with Crippen molar-refractivity contribution in [2.45, 2.75) is 50.7 Å². The van der Waals surface area contributed by atoms with E-state index in [4.69, 9.17) is 9.47 Å². The summed E-state index contributed by atoms with van der Waals surface area (Å²) in [6, 6.07) is 0. The Balaban J connectivity index is 1.82. The van der Waals surface area contributed by atoms with Gasteiger partial charge in [-0.25, -0.2) is 0 Å². The summed E-state index contributed by atoms with van der Waals surface area (Å²) in [5, 5.41) is 13.2. The van der Waals surface area contributed by atoms with E-state index in [0.717, 1.165) is 25.9 Å². The lowest BCUT2D eigenvalue weighted by molar-refractivity contribution is -0.136. The van der Waals surface area contributed by atoms with Crippen LogP contribution in [0.5, 0.6) is 0 Å². The van der Waals surface area contributed by atoms with Gasteiger partial charge in [-0.15, -0.1) is 0 Å². The van der Waals surface area contributed by atoms with Crippen LogP contribution in [0.1, 0.15) is 39.0 Å². The van der Waals surface area contributed by atoms with Gasteiger partial charge in [0.2, 0.25) is 5.91 Å². The largest absolute Gasteiger partial charge is 0.388 e. The summed E-state index contributed by atoms with van der Waals surface area (Å²) in [7, 11) is 0. The molecule has 0 aromatic rings. The minimum Gasteiger partial charge on any atom is -0.388 e. The van der Waals surface area contributed by atoms with E-state index < -0.39 is 5.60 Å². The summed E-state index contributed by atoms with van der Waals surface area (Å²) in [6.45, 7) is 4.25. The fourth-order valence-corrected chi connectivity index (χ4v) is 2.85. The zero-order chi connectivity index (χ0) is 13.7. The molecule has 0 saturated carbocycles. The third-order valence-electron chi connectivity index (χ3n) is 4.19. The van der Waals surface area contributed by atoms with Crippen molar-refractivity contribution in [2.75, 3.05) is 26.4 Å². The van der Waals surface area contributed by atoms with Gasteiger partial charge in [-0.1, -0.05) is 6.92 Å². The normalized spacial score (nSPS) is 30.8. The van der Waals surface area contributed by atoms with E-state index in [0.29, 0.717) is 32.6 Å². The van der Waals surface area contributed by atoms with Crippen LogP contribution >= 0.6 is 0 Å². The van der Waals surface area contributed by atoms with Crippen molar-refractivity contribution in [2.24, 2.45) is 5.92 Å². The van der Waals surface area contributed by atoms with Gasteiger partial charge < -0.3 is 19.9 Å². The Hall–Kier alpha value is -0.650. The Bertz CT molecular complexity index is 302. The molecule has 0 aromatic heterocycles. The Morgan fingerprint density at radius 2 is 2.11 bits per heavy atom. The van der Waals surface area contributed by atoms with Crippen LogP contribution in [0.25, 0.3) is 0 Å². The number of rotatable bonds is 4. The number of ether oxygens (including phenoxy) is 2. The van der Waals surface area contributed by atoms with Crippen molar-refractivity contribution in [1.82, 2.24) is 5.32 Å². The third kappa shape index (κ3) is 3.91. The van der Waals surface area contributed by atoms with Crippen molar-refractivity contribution in [3.8, 4) is 0 Å². The summed E-state index contributed by atoms with van der Waals surface area (Å²) < 4.78 is 10.9. The highest BCUT2D eigenvalue weighted by atomic mass is 16.5. The molecule has 2 atom stereocenters. The van der Waals surface area contributed by atoms with Crippen molar-refractivity contribution < 1.29 is 19.4 Å². The topological polar surface area (TPSA) is 67.8 Å². The number of nitrogens with one attached hydrogen (secondary N) is 1. The maximum absolute atomic E-state index is 12.2. The molecule has 2 rings (SSSR count). The van der Waals surface area contributed by atoms with Crippen LogP contribution in [0, 0.1) is 5.92 Å². The molecule has 2 heterocycles. The molecule has 2 saturated heterocycles. The molecule has 1 amide bonds.